The monoisotopic (exact) mass is 337 g/mol. The van der Waals surface area contributed by atoms with E-state index in [1.807, 2.05) is 30.3 Å². The van der Waals surface area contributed by atoms with Crippen LogP contribution in [0.2, 0.25) is 0 Å². The van der Waals surface area contributed by atoms with Crippen LogP contribution in [0.3, 0.4) is 0 Å². The van der Waals surface area contributed by atoms with Crippen molar-refractivity contribution in [2.45, 2.75) is 17.9 Å². The minimum Gasteiger partial charge on any atom is -0.481 e. The van der Waals surface area contributed by atoms with E-state index in [4.69, 9.17) is 5.11 Å². The average molecular weight is 337 g/mol. The maximum atomic E-state index is 12.6. The third-order valence-corrected chi connectivity index (χ3v) is 5.15. The summed E-state index contributed by atoms with van der Waals surface area (Å²) < 4.78 is 27.9. The molecule has 2 aromatic rings. The van der Waals surface area contributed by atoms with Gasteiger partial charge in [-0.25, -0.2) is 8.42 Å². The molecule has 0 amide bonds. The molecule has 0 spiro atoms. The van der Waals surface area contributed by atoms with Crippen molar-refractivity contribution in [1.82, 2.24) is 14.1 Å². The zero-order valence-electron chi connectivity index (χ0n) is 12.8. The number of nitrogens with zero attached hydrogens (tertiary/aromatic N) is 3. The van der Waals surface area contributed by atoms with Crippen LogP contribution >= 0.6 is 0 Å². The maximum Gasteiger partial charge on any atom is 0.304 e. The molecular formula is C15H19N3O4S. The van der Waals surface area contributed by atoms with E-state index in [-0.39, 0.29) is 24.5 Å². The van der Waals surface area contributed by atoms with Crippen molar-refractivity contribution in [2.24, 2.45) is 7.05 Å². The number of carboxylic acid groups (broad SMARTS) is 1. The van der Waals surface area contributed by atoms with Crippen molar-refractivity contribution in [3.8, 4) is 0 Å². The Balaban J connectivity index is 2.17. The molecule has 0 unspecified atom stereocenters. The lowest BCUT2D eigenvalue weighted by molar-refractivity contribution is -0.137. The Hall–Kier alpha value is -2.19. The van der Waals surface area contributed by atoms with Gasteiger partial charge in [0.15, 0.2) is 5.03 Å². The number of aromatic nitrogens is 2. The number of benzene rings is 1. The Bertz CT molecular complexity index is 756. The second-order valence-electron chi connectivity index (χ2n) is 5.11. The molecule has 1 aromatic carbocycles. The van der Waals surface area contributed by atoms with E-state index in [0.29, 0.717) is 6.42 Å². The minimum absolute atomic E-state index is 0.0709. The molecule has 0 bridgehead atoms. The van der Waals surface area contributed by atoms with E-state index < -0.39 is 16.0 Å². The Kier molecular flexibility index (Phi) is 5.51. The molecule has 1 heterocycles. The summed E-state index contributed by atoms with van der Waals surface area (Å²) in [6.07, 6.45) is 1.80. The van der Waals surface area contributed by atoms with Crippen LogP contribution in [-0.4, -0.2) is 46.7 Å². The molecule has 0 radical (unpaired) electrons. The van der Waals surface area contributed by atoms with Gasteiger partial charge in [-0.05, 0) is 18.1 Å². The lowest BCUT2D eigenvalue weighted by Gasteiger charge is -2.20. The molecule has 0 aliphatic carbocycles. The topological polar surface area (TPSA) is 92.5 Å². The van der Waals surface area contributed by atoms with Gasteiger partial charge in [0.05, 0.1) is 6.42 Å². The van der Waals surface area contributed by atoms with Gasteiger partial charge in [-0.2, -0.15) is 9.40 Å². The number of hydrogen-bond donors (Lipinski definition) is 1. The van der Waals surface area contributed by atoms with Gasteiger partial charge in [0.2, 0.25) is 0 Å². The van der Waals surface area contributed by atoms with Crippen molar-refractivity contribution in [2.75, 3.05) is 13.1 Å². The number of hydrogen-bond acceptors (Lipinski definition) is 4. The number of carbonyl (C=O) groups is 1. The number of carboxylic acids is 1. The maximum absolute atomic E-state index is 12.6. The first-order chi connectivity index (χ1) is 10.9. The fraction of sp³-hybridized carbons (Fsp3) is 0.333. The van der Waals surface area contributed by atoms with E-state index >= 15 is 0 Å². The smallest absolute Gasteiger partial charge is 0.304 e. The van der Waals surface area contributed by atoms with Crippen LogP contribution in [-0.2, 0) is 28.3 Å². The van der Waals surface area contributed by atoms with Gasteiger partial charge in [-0.15, -0.1) is 0 Å². The summed E-state index contributed by atoms with van der Waals surface area (Å²) in [5, 5.41) is 12.7. The van der Waals surface area contributed by atoms with Crippen molar-refractivity contribution in [1.29, 1.82) is 0 Å². The number of aliphatic carboxylic acids is 1. The first kappa shape index (κ1) is 17.2. The van der Waals surface area contributed by atoms with Gasteiger partial charge in [0.1, 0.15) is 0 Å². The lowest BCUT2D eigenvalue weighted by Crippen LogP contribution is -2.35. The Labute approximate surface area is 135 Å². The number of rotatable bonds is 8. The summed E-state index contributed by atoms with van der Waals surface area (Å²) in [6, 6.07) is 10.9. The molecule has 8 heteroatoms. The highest BCUT2D eigenvalue weighted by Gasteiger charge is 2.26. The Morgan fingerprint density at radius 2 is 1.91 bits per heavy atom. The molecule has 2 rings (SSSR count). The summed E-state index contributed by atoms with van der Waals surface area (Å²) in [7, 11) is -2.18. The van der Waals surface area contributed by atoms with Gasteiger partial charge in [-0.3, -0.25) is 9.48 Å². The molecule has 0 saturated carbocycles. The third-order valence-electron chi connectivity index (χ3n) is 3.36. The molecule has 1 aromatic heterocycles. The lowest BCUT2D eigenvalue weighted by atomic mass is 10.1. The zero-order chi connectivity index (χ0) is 16.9. The van der Waals surface area contributed by atoms with Crippen molar-refractivity contribution < 1.29 is 18.3 Å². The SMILES string of the molecule is Cn1ccc(S(=O)(=O)N(CCC(=O)O)CCc2ccccc2)n1. The van der Waals surface area contributed by atoms with Gasteiger partial charge in [0.25, 0.3) is 10.0 Å². The molecule has 124 valence electrons. The van der Waals surface area contributed by atoms with Crippen molar-refractivity contribution >= 4 is 16.0 Å². The molecule has 0 saturated heterocycles. The van der Waals surface area contributed by atoms with Crippen LogP contribution < -0.4 is 0 Å². The molecule has 7 nitrogen and oxygen atoms in total. The highest BCUT2D eigenvalue weighted by atomic mass is 32.2. The highest BCUT2D eigenvalue weighted by molar-refractivity contribution is 7.89. The largest absolute Gasteiger partial charge is 0.481 e. The van der Waals surface area contributed by atoms with E-state index in [2.05, 4.69) is 5.10 Å². The van der Waals surface area contributed by atoms with Crippen LogP contribution in [0.15, 0.2) is 47.6 Å². The van der Waals surface area contributed by atoms with E-state index in [9.17, 15) is 13.2 Å². The van der Waals surface area contributed by atoms with Gasteiger partial charge in [-0.1, -0.05) is 30.3 Å². The van der Waals surface area contributed by atoms with Crippen LogP contribution in [0, 0.1) is 0 Å². The fourth-order valence-electron chi connectivity index (χ4n) is 2.13. The zero-order valence-corrected chi connectivity index (χ0v) is 13.6. The molecule has 1 N–H and O–H groups in total. The summed E-state index contributed by atoms with van der Waals surface area (Å²) in [5.41, 5.74) is 0.990. The van der Waals surface area contributed by atoms with E-state index in [0.717, 1.165) is 5.56 Å². The van der Waals surface area contributed by atoms with E-state index in [1.165, 1.54) is 15.1 Å². The highest BCUT2D eigenvalue weighted by Crippen LogP contribution is 2.15. The predicted octanol–water partition coefficient (Wildman–Crippen LogP) is 1.13. The molecular weight excluding hydrogens is 318 g/mol. The number of sulfonamides is 1. The average Bonchev–Trinajstić information content (AvgIpc) is 2.95. The van der Waals surface area contributed by atoms with Gasteiger partial charge >= 0.3 is 5.97 Å². The van der Waals surface area contributed by atoms with Crippen LogP contribution in [0.5, 0.6) is 0 Å². The summed E-state index contributed by atoms with van der Waals surface area (Å²) in [6.45, 7) is 0.122. The molecule has 0 aliphatic rings. The summed E-state index contributed by atoms with van der Waals surface area (Å²) in [5.74, 6) is -1.04. The molecule has 0 fully saturated rings. The summed E-state index contributed by atoms with van der Waals surface area (Å²) in [4.78, 5) is 10.8. The van der Waals surface area contributed by atoms with Gasteiger partial charge in [0, 0.05) is 26.3 Å². The number of aryl methyl sites for hydroxylation is 1. The Morgan fingerprint density at radius 3 is 2.48 bits per heavy atom. The van der Waals surface area contributed by atoms with Crippen molar-refractivity contribution in [3.05, 3.63) is 48.2 Å². The summed E-state index contributed by atoms with van der Waals surface area (Å²) >= 11 is 0. The molecule has 0 aliphatic heterocycles. The first-order valence-electron chi connectivity index (χ1n) is 7.15. The van der Waals surface area contributed by atoms with Crippen LogP contribution in [0.1, 0.15) is 12.0 Å². The van der Waals surface area contributed by atoms with E-state index in [1.54, 1.807) is 13.2 Å². The van der Waals surface area contributed by atoms with Crippen molar-refractivity contribution in [3.63, 3.8) is 0 Å². The van der Waals surface area contributed by atoms with Crippen LogP contribution in [0.25, 0.3) is 0 Å². The second kappa shape index (κ2) is 7.38. The standard InChI is InChI=1S/C15H19N3O4S/c1-17-10-8-14(16-17)23(21,22)18(12-9-15(19)20)11-7-13-5-3-2-4-6-13/h2-6,8,10H,7,9,11-12H2,1H3,(H,19,20). The predicted molar refractivity (Wildman–Crippen MR) is 84.4 cm³/mol. The molecule has 23 heavy (non-hydrogen) atoms. The molecule has 0 atom stereocenters. The third kappa shape index (κ3) is 4.64. The minimum atomic E-state index is -3.81. The fourth-order valence-corrected chi connectivity index (χ4v) is 3.53. The van der Waals surface area contributed by atoms with Crippen LogP contribution in [0.4, 0.5) is 0 Å². The Morgan fingerprint density at radius 1 is 1.22 bits per heavy atom. The first-order valence-corrected chi connectivity index (χ1v) is 8.59. The normalized spacial score (nSPS) is 11.7. The second-order valence-corrected chi connectivity index (χ2v) is 7.00. The van der Waals surface area contributed by atoms with Gasteiger partial charge < -0.3 is 5.11 Å². The quantitative estimate of drug-likeness (QED) is 0.779.